The standard InChI is InChI=1S/C30H34N6O5/c1-21-30(20-24-6-3-4-7-27(24)34-36-31,29(38)35-32-17-16-22-8-12-25(39-2)13-9-22)33-28(41-21)23-10-14-26(15-11-23)40-19-5-18-37/h3-4,6-15,21,32,37H,5,16-20H2,1-2H3,(H,35,38)/t21-,30-/m0/s1. The number of carbonyl (C=O) groups is 1. The van der Waals surface area contributed by atoms with Crippen molar-refractivity contribution in [3.8, 4) is 11.5 Å². The smallest absolute Gasteiger partial charge is 0.266 e. The first kappa shape index (κ1) is 29.4. The maximum absolute atomic E-state index is 13.8. The lowest BCUT2D eigenvalue weighted by Gasteiger charge is -2.28. The lowest BCUT2D eigenvalue weighted by Crippen LogP contribution is -2.56. The lowest BCUT2D eigenvalue weighted by molar-refractivity contribution is -0.129. The third kappa shape index (κ3) is 7.34. The van der Waals surface area contributed by atoms with Gasteiger partial charge in [-0.25, -0.2) is 10.4 Å². The zero-order chi connectivity index (χ0) is 29.1. The molecule has 0 aromatic heterocycles. The molecule has 214 valence electrons. The second kappa shape index (κ2) is 14.2. The molecule has 1 aliphatic rings. The number of nitrogens with one attached hydrogen (secondary N) is 2. The summed E-state index contributed by atoms with van der Waals surface area (Å²) in [6.45, 7) is 2.76. The number of nitrogens with zero attached hydrogens (tertiary/aromatic N) is 4. The van der Waals surface area contributed by atoms with E-state index in [0.29, 0.717) is 54.5 Å². The Labute approximate surface area is 238 Å². The van der Waals surface area contributed by atoms with E-state index in [1.165, 1.54) is 0 Å². The molecule has 2 atom stereocenters. The molecule has 0 spiro atoms. The van der Waals surface area contributed by atoms with Crippen LogP contribution < -0.4 is 20.3 Å². The van der Waals surface area contributed by atoms with Gasteiger partial charge in [-0.15, -0.1) is 0 Å². The highest BCUT2D eigenvalue weighted by Crippen LogP contribution is 2.35. The van der Waals surface area contributed by atoms with Crippen LogP contribution in [0.25, 0.3) is 10.4 Å². The molecular formula is C30H34N6O5. The van der Waals surface area contributed by atoms with Gasteiger partial charge in [0.2, 0.25) is 5.90 Å². The van der Waals surface area contributed by atoms with Crippen LogP contribution in [0.15, 0.2) is 82.9 Å². The molecule has 11 heteroatoms. The SMILES string of the molecule is COc1ccc(CCNNC(=O)[C@@]2(Cc3ccccc3N=[N+]=[N-])N=C(c3ccc(OCCCO)cc3)O[C@H]2C)cc1. The number of methoxy groups -OCH3 is 1. The first-order chi connectivity index (χ1) is 20.0. The molecule has 0 saturated heterocycles. The minimum atomic E-state index is -1.33. The van der Waals surface area contributed by atoms with Crippen LogP contribution >= 0.6 is 0 Å². The lowest BCUT2D eigenvalue weighted by atomic mass is 9.85. The van der Waals surface area contributed by atoms with E-state index < -0.39 is 11.6 Å². The van der Waals surface area contributed by atoms with Gasteiger partial charge in [0, 0.05) is 42.2 Å². The molecule has 3 N–H and O–H groups in total. The fourth-order valence-corrected chi connectivity index (χ4v) is 4.49. The molecule has 4 rings (SSSR count). The fourth-order valence-electron chi connectivity index (χ4n) is 4.49. The molecule has 0 bridgehead atoms. The van der Waals surface area contributed by atoms with E-state index in [1.807, 2.05) is 48.5 Å². The molecule has 0 unspecified atom stereocenters. The van der Waals surface area contributed by atoms with Crippen LogP contribution in [0, 0.1) is 0 Å². The van der Waals surface area contributed by atoms with Gasteiger partial charge >= 0.3 is 0 Å². The molecule has 1 amide bonds. The summed E-state index contributed by atoms with van der Waals surface area (Å²) in [6, 6.07) is 22.1. The summed E-state index contributed by atoms with van der Waals surface area (Å²) in [4.78, 5) is 21.6. The van der Waals surface area contributed by atoms with Gasteiger partial charge in [-0.05, 0) is 66.4 Å². The molecule has 1 aliphatic heterocycles. The van der Waals surface area contributed by atoms with Crippen molar-refractivity contribution >= 4 is 17.5 Å². The second-order valence-electron chi connectivity index (χ2n) is 9.53. The number of carbonyl (C=O) groups excluding carboxylic acids is 1. The first-order valence-electron chi connectivity index (χ1n) is 13.4. The van der Waals surface area contributed by atoms with Gasteiger partial charge in [0.1, 0.15) is 17.6 Å². The maximum Gasteiger partial charge on any atom is 0.266 e. The zero-order valence-electron chi connectivity index (χ0n) is 23.1. The predicted molar refractivity (Wildman–Crippen MR) is 155 cm³/mol. The van der Waals surface area contributed by atoms with E-state index in [2.05, 4.69) is 20.9 Å². The Morgan fingerprint density at radius 3 is 2.56 bits per heavy atom. The molecule has 0 radical (unpaired) electrons. The number of aliphatic hydroxyl groups excluding tert-OH is 1. The number of benzene rings is 3. The van der Waals surface area contributed by atoms with E-state index in [9.17, 15) is 4.79 Å². The van der Waals surface area contributed by atoms with Crippen molar-refractivity contribution in [1.29, 1.82) is 0 Å². The summed E-state index contributed by atoms with van der Waals surface area (Å²) >= 11 is 0. The first-order valence-corrected chi connectivity index (χ1v) is 13.4. The van der Waals surface area contributed by atoms with Crippen molar-refractivity contribution in [2.75, 3.05) is 26.9 Å². The van der Waals surface area contributed by atoms with E-state index >= 15 is 0 Å². The summed E-state index contributed by atoms with van der Waals surface area (Å²) in [6.07, 6.45) is 0.754. The number of hydrogen-bond donors (Lipinski definition) is 3. The Balaban J connectivity index is 1.55. The van der Waals surface area contributed by atoms with Gasteiger partial charge in [-0.2, -0.15) is 0 Å². The fraction of sp³-hybridized carbons (Fsp3) is 0.333. The summed E-state index contributed by atoms with van der Waals surface area (Å²) in [5, 5.41) is 12.8. The van der Waals surface area contributed by atoms with E-state index in [4.69, 9.17) is 29.8 Å². The predicted octanol–water partition coefficient (Wildman–Crippen LogP) is 4.41. The Morgan fingerprint density at radius 2 is 1.85 bits per heavy atom. The number of aliphatic imine (C=N–C) groups is 1. The quantitative estimate of drug-likeness (QED) is 0.0877. The van der Waals surface area contributed by atoms with Gasteiger partial charge in [0.25, 0.3) is 5.91 Å². The van der Waals surface area contributed by atoms with Crippen molar-refractivity contribution in [2.24, 2.45) is 10.1 Å². The summed E-state index contributed by atoms with van der Waals surface area (Å²) in [5.74, 6) is 1.40. The Morgan fingerprint density at radius 1 is 1.12 bits per heavy atom. The normalized spacial score (nSPS) is 17.6. The Bertz CT molecular complexity index is 1390. The largest absolute Gasteiger partial charge is 0.497 e. The van der Waals surface area contributed by atoms with Crippen molar-refractivity contribution in [2.45, 2.75) is 37.8 Å². The summed E-state index contributed by atoms with van der Waals surface area (Å²) < 4.78 is 17.0. The van der Waals surface area contributed by atoms with Crippen LogP contribution in [0.4, 0.5) is 5.69 Å². The number of hydrogen-bond acceptors (Lipinski definition) is 8. The number of ether oxygens (including phenoxy) is 3. The Kier molecular flexibility index (Phi) is 10.2. The molecule has 1 heterocycles. The van der Waals surface area contributed by atoms with Crippen LogP contribution in [0.3, 0.4) is 0 Å². The van der Waals surface area contributed by atoms with Gasteiger partial charge in [-0.3, -0.25) is 10.2 Å². The third-order valence-electron chi connectivity index (χ3n) is 6.83. The van der Waals surface area contributed by atoms with Gasteiger partial charge in [-0.1, -0.05) is 41.5 Å². The monoisotopic (exact) mass is 558 g/mol. The van der Waals surface area contributed by atoms with E-state index in [-0.39, 0.29) is 18.9 Å². The van der Waals surface area contributed by atoms with Crippen LogP contribution in [0.2, 0.25) is 0 Å². The molecule has 41 heavy (non-hydrogen) atoms. The minimum absolute atomic E-state index is 0.0594. The Hall–Kier alpha value is -4.57. The highest BCUT2D eigenvalue weighted by atomic mass is 16.5. The topological polar surface area (TPSA) is 150 Å². The molecular weight excluding hydrogens is 524 g/mol. The van der Waals surface area contributed by atoms with E-state index in [0.717, 1.165) is 11.3 Å². The average Bonchev–Trinajstić information content (AvgIpc) is 3.33. The van der Waals surface area contributed by atoms with Crippen LogP contribution in [0.1, 0.15) is 30.0 Å². The van der Waals surface area contributed by atoms with Crippen molar-refractivity contribution in [3.05, 3.63) is 99.9 Å². The number of hydrazine groups is 1. The third-order valence-corrected chi connectivity index (χ3v) is 6.83. The minimum Gasteiger partial charge on any atom is -0.497 e. The molecule has 3 aromatic rings. The molecule has 3 aromatic carbocycles. The van der Waals surface area contributed by atoms with Gasteiger partial charge in [0.15, 0.2) is 5.54 Å². The maximum atomic E-state index is 13.8. The second-order valence-corrected chi connectivity index (χ2v) is 9.53. The van der Waals surface area contributed by atoms with Crippen LogP contribution in [0.5, 0.6) is 11.5 Å². The highest BCUT2D eigenvalue weighted by Gasteiger charge is 2.50. The van der Waals surface area contributed by atoms with E-state index in [1.54, 1.807) is 38.3 Å². The number of aliphatic hydroxyl groups is 1. The van der Waals surface area contributed by atoms with Crippen LogP contribution in [-0.4, -0.2) is 55.4 Å². The number of amides is 1. The highest BCUT2D eigenvalue weighted by molar-refractivity contribution is 6.00. The van der Waals surface area contributed by atoms with Gasteiger partial charge < -0.3 is 19.3 Å². The molecule has 0 fully saturated rings. The molecule has 0 aliphatic carbocycles. The number of rotatable bonds is 14. The summed E-state index contributed by atoms with van der Waals surface area (Å²) in [5.41, 5.74) is 16.5. The van der Waals surface area contributed by atoms with Crippen LogP contribution in [-0.2, 0) is 22.4 Å². The zero-order valence-corrected chi connectivity index (χ0v) is 23.1. The van der Waals surface area contributed by atoms with Crippen molar-refractivity contribution < 1.29 is 24.1 Å². The van der Waals surface area contributed by atoms with Crippen molar-refractivity contribution in [1.82, 2.24) is 10.9 Å². The molecule has 0 saturated carbocycles. The number of azide groups is 1. The summed E-state index contributed by atoms with van der Waals surface area (Å²) in [7, 11) is 1.62. The van der Waals surface area contributed by atoms with Gasteiger partial charge in [0.05, 0.1) is 13.7 Å². The van der Waals surface area contributed by atoms with Crippen molar-refractivity contribution in [3.63, 3.8) is 0 Å². The molecule has 11 nitrogen and oxygen atoms in total. The average molecular weight is 559 g/mol.